The van der Waals surface area contributed by atoms with E-state index in [2.05, 4.69) is 89.6 Å². The second kappa shape index (κ2) is 16.0. The normalized spacial score (nSPS) is 13.9. The second-order valence-corrected chi connectivity index (χ2v) is 25.6. The van der Waals surface area contributed by atoms with Crippen molar-refractivity contribution in [1.29, 1.82) is 0 Å². The maximum Gasteiger partial charge on any atom is 0 e. The van der Waals surface area contributed by atoms with E-state index >= 15 is 0 Å². The van der Waals surface area contributed by atoms with Crippen LogP contribution in [0.1, 0.15) is 88.1 Å². The minimum Gasteiger partial charge on any atom is 0 e. The molecule has 4 heterocycles. The van der Waals surface area contributed by atoms with Gasteiger partial charge < -0.3 is 9.40 Å². The summed E-state index contributed by atoms with van der Waals surface area (Å²) in [6, 6.07) is 35.4. The van der Waals surface area contributed by atoms with Gasteiger partial charge in [0.1, 0.15) is 0 Å². The molecule has 0 bridgehead atoms. The van der Waals surface area contributed by atoms with Crippen molar-refractivity contribution in [2.24, 2.45) is 0 Å². The topological polar surface area (TPSA) is 51.8 Å². The summed E-state index contributed by atoms with van der Waals surface area (Å²) in [4.78, 5) is 14.0. The Bertz CT molecular complexity index is 2500. The molecule has 269 valence electrons. The molecule has 0 atom stereocenters. The van der Waals surface area contributed by atoms with E-state index in [0.717, 1.165) is 55.7 Å². The first-order valence-electron chi connectivity index (χ1n) is 19.9. The SMILES string of the molecule is [2H]C(C)(C)c1ccnc(-c2[c-]ccc3c2oc2nc(C(C)(C)c4ccccc4)ccc23)c1.[2H]C([2H])([2H])c1c[c-]c(-c2cc(C([2H])(C)C)[c]([Ge]([CH3])([CH3])[CH3])cn2)cc1.[Ir]. The van der Waals surface area contributed by atoms with Gasteiger partial charge in [0.05, 0.1) is 11.3 Å². The molecule has 1 radical (unpaired) electrons. The maximum absolute atomic E-state index is 8.49. The van der Waals surface area contributed by atoms with Crippen LogP contribution in [-0.4, -0.2) is 28.2 Å². The van der Waals surface area contributed by atoms with Crippen LogP contribution in [0.2, 0.25) is 17.3 Å². The minimum absolute atomic E-state index is 0. The van der Waals surface area contributed by atoms with Crippen LogP contribution >= 0.6 is 0 Å². The molecule has 0 saturated carbocycles. The van der Waals surface area contributed by atoms with Gasteiger partial charge in [-0.05, 0) is 35.4 Å². The van der Waals surface area contributed by atoms with Crippen LogP contribution in [0.3, 0.4) is 0 Å². The van der Waals surface area contributed by atoms with Crippen LogP contribution in [0.15, 0.2) is 108 Å². The van der Waals surface area contributed by atoms with E-state index in [9.17, 15) is 0 Å². The van der Waals surface area contributed by atoms with Crippen molar-refractivity contribution in [2.45, 2.75) is 82.9 Å². The standard InChI is InChI=1S/C28H25N2O.C18H24GeN.Ir/c1-18(2)19-15-16-29-24(17-19)23-12-8-11-21-22-13-14-25(30-27(22)31-26(21)23)28(3,4)20-9-6-5-7-10-20;1-13(2)16-11-18(15-9-7-14(3)8-10-15)20-12-17(16)19(4,5)6;/h5-11,13-18H,1-4H3;7-9,11-13H,1-6H3;/q2*-1;/i18D;3D3,13D;. The van der Waals surface area contributed by atoms with Crippen molar-refractivity contribution in [2.75, 3.05) is 0 Å². The number of furan rings is 1. The molecule has 0 saturated heterocycles. The fourth-order valence-corrected chi connectivity index (χ4v) is 9.56. The van der Waals surface area contributed by atoms with Gasteiger partial charge in [-0.3, -0.25) is 0 Å². The predicted molar refractivity (Wildman–Crippen MR) is 217 cm³/mol. The third-order valence-corrected chi connectivity index (χ3v) is 13.6. The summed E-state index contributed by atoms with van der Waals surface area (Å²) < 4.78 is 46.7. The summed E-state index contributed by atoms with van der Waals surface area (Å²) in [6.45, 7) is 9.76. The fraction of sp³-hybridized carbons (Fsp3) is 0.283. The predicted octanol–water partition coefficient (Wildman–Crippen LogP) is 11.8. The Hall–Kier alpha value is -3.90. The van der Waals surface area contributed by atoms with Gasteiger partial charge in [0, 0.05) is 38.5 Å². The van der Waals surface area contributed by atoms with Gasteiger partial charge >= 0.3 is 131 Å². The molecule has 0 spiro atoms. The van der Waals surface area contributed by atoms with Crippen LogP contribution in [0, 0.1) is 19.0 Å². The molecule has 0 amide bonds. The zero-order valence-corrected chi connectivity index (χ0v) is 35.9. The van der Waals surface area contributed by atoms with E-state index in [1.54, 1.807) is 18.3 Å². The molecule has 6 heteroatoms. The van der Waals surface area contributed by atoms with Crippen LogP contribution in [-0.2, 0) is 25.5 Å². The zero-order valence-electron chi connectivity index (χ0n) is 36.4. The summed E-state index contributed by atoms with van der Waals surface area (Å²) in [7, 11) is 0. The Morgan fingerprint density at radius 1 is 0.827 bits per heavy atom. The zero-order chi connectivity index (χ0) is 40.8. The number of nitrogens with zero attached hydrogens (tertiary/aromatic N) is 3. The van der Waals surface area contributed by atoms with E-state index in [1.165, 1.54) is 16.0 Å². The van der Waals surface area contributed by atoms with Gasteiger partial charge in [0.15, 0.2) is 0 Å². The monoisotopic (exact) mass is 931 g/mol. The van der Waals surface area contributed by atoms with Crippen molar-refractivity contribution in [3.63, 3.8) is 0 Å². The van der Waals surface area contributed by atoms with Crippen LogP contribution in [0.4, 0.5) is 0 Å². The molecule has 0 unspecified atom stereocenters. The molecular formula is C46H49GeIrN3O-2. The molecule has 3 aromatic carbocycles. The summed E-state index contributed by atoms with van der Waals surface area (Å²) in [5.41, 5.74) is 8.44. The first kappa shape index (κ1) is 32.7. The fourth-order valence-electron chi connectivity index (χ4n) is 6.24. The van der Waals surface area contributed by atoms with Crippen LogP contribution in [0.5, 0.6) is 0 Å². The Morgan fingerprint density at radius 2 is 1.60 bits per heavy atom. The molecule has 0 aliphatic rings. The number of hydrogen-bond acceptors (Lipinski definition) is 4. The van der Waals surface area contributed by atoms with Gasteiger partial charge in [0.25, 0.3) is 0 Å². The first-order valence-corrected chi connectivity index (χ1v) is 24.7. The molecule has 52 heavy (non-hydrogen) atoms. The molecule has 0 fully saturated rings. The summed E-state index contributed by atoms with van der Waals surface area (Å²) in [5.74, 6) is 5.47. The molecule has 4 aromatic heterocycles. The quantitative estimate of drug-likeness (QED) is 0.118. The molecule has 4 nitrogen and oxygen atoms in total. The Kier molecular flexibility index (Phi) is 10.1. The number of aromatic nitrogens is 3. The van der Waals surface area contributed by atoms with E-state index < -0.39 is 31.9 Å². The Balaban J connectivity index is 0.000000223. The van der Waals surface area contributed by atoms with E-state index in [1.807, 2.05) is 70.3 Å². The van der Waals surface area contributed by atoms with Crippen LogP contribution < -0.4 is 4.40 Å². The third kappa shape index (κ3) is 8.33. The molecule has 0 aliphatic heterocycles. The summed E-state index contributed by atoms with van der Waals surface area (Å²) in [6.07, 6.45) is 3.65. The smallest absolute Gasteiger partial charge is 0 e. The Labute approximate surface area is 333 Å². The van der Waals surface area contributed by atoms with E-state index in [-0.39, 0.29) is 31.1 Å². The van der Waals surface area contributed by atoms with E-state index in [0.29, 0.717) is 5.71 Å². The number of hydrogen-bond donors (Lipinski definition) is 0. The Morgan fingerprint density at radius 3 is 2.25 bits per heavy atom. The van der Waals surface area contributed by atoms with Crippen molar-refractivity contribution in [1.82, 2.24) is 15.0 Å². The van der Waals surface area contributed by atoms with Crippen molar-refractivity contribution in [3.05, 3.63) is 143 Å². The van der Waals surface area contributed by atoms with Gasteiger partial charge in [-0.15, -0.1) is 18.2 Å². The molecular weight excluding hydrogens is 875 g/mol. The van der Waals surface area contributed by atoms with Gasteiger partial charge in [-0.25, -0.2) is 4.98 Å². The molecule has 7 aromatic rings. The van der Waals surface area contributed by atoms with Crippen molar-refractivity contribution in [3.8, 4) is 22.5 Å². The van der Waals surface area contributed by atoms with Crippen molar-refractivity contribution >= 4 is 39.7 Å². The number of fused-ring (bicyclic) bond motifs is 3. The van der Waals surface area contributed by atoms with Gasteiger partial charge in [-0.1, -0.05) is 80.6 Å². The third-order valence-electron chi connectivity index (χ3n) is 9.37. The summed E-state index contributed by atoms with van der Waals surface area (Å²) >= 11 is -2.14. The van der Waals surface area contributed by atoms with Crippen LogP contribution in [0.25, 0.3) is 44.6 Å². The average Bonchev–Trinajstić information content (AvgIpc) is 3.52. The number of aryl methyl sites for hydroxylation is 1. The minimum atomic E-state index is -2.14. The molecule has 0 N–H and O–H groups in total. The van der Waals surface area contributed by atoms with Crippen molar-refractivity contribution < 1.29 is 31.4 Å². The van der Waals surface area contributed by atoms with E-state index in [4.69, 9.17) is 16.3 Å². The number of rotatable bonds is 7. The average molecular weight is 930 g/mol. The van der Waals surface area contributed by atoms with Gasteiger partial charge in [-0.2, -0.15) is 0 Å². The number of pyridine rings is 3. The van der Waals surface area contributed by atoms with Gasteiger partial charge in [0.2, 0.25) is 5.71 Å². The largest absolute Gasteiger partial charge is 0 e. The number of benzene rings is 3. The first-order chi connectivity index (χ1) is 26.0. The molecule has 0 aliphatic carbocycles. The molecule has 7 rings (SSSR count). The second-order valence-electron chi connectivity index (χ2n) is 15.0. The summed E-state index contributed by atoms with van der Waals surface area (Å²) in [5, 5.41) is 1.96. The maximum atomic E-state index is 8.49.